The summed E-state index contributed by atoms with van der Waals surface area (Å²) in [5.41, 5.74) is 0. The van der Waals surface area contributed by atoms with E-state index < -0.39 is 5.97 Å². The maximum Gasteiger partial charge on any atom is 0.303 e. The van der Waals surface area contributed by atoms with Crippen molar-refractivity contribution in [3.8, 4) is 0 Å². The molecule has 1 N–H and O–H groups in total. The lowest BCUT2D eigenvalue weighted by Crippen LogP contribution is -2.22. The van der Waals surface area contributed by atoms with Crippen LogP contribution in [0.2, 0.25) is 0 Å². The fraction of sp³-hybridized carbons (Fsp3) is 0.889. The molecule has 0 spiro atoms. The van der Waals surface area contributed by atoms with Gasteiger partial charge in [0.2, 0.25) is 0 Å². The number of rotatable bonds is 2. The van der Waals surface area contributed by atoms with E-state index in [1.807, 2.05) is 0 Å². The molecule has 0 aromatic rings. The van der Waals surface area contributed by atoms with Crippen LogP contribution in [-0.2, 0) is 4.79 Å². The highest BCUT2D eigenvalue weighted by atomic mass is 35.5. The lowest BCUT2D eigenvalue weighted by atomic mass is 10.0. The van der Waals surface area contributed by atoms with E-state index in [0.29, 0.717) is 18.4 Å². The van der Waals surface area contributed by atoms with Gasteiger partial charge in [-0.1, -0.05) is 0 Å². The summed E-state index contributed by atoms with van der Waals surface area (Å²) in [7, 11) is 0. The molecule has 0 aliphatic carbocycles. The third-order valence-corrected chi connectivity index (χ3v) is 3.06. The van der Waals surface area contributed by atoms with Crippen molar-refractivity contribution in [2.45, 2.75) is 31.7 Å². The summed E-state index contributed by atoms with van der Waals surface area (Å²) in [4.78, 5) is 12.9. The molecule has 13 heavy (non-hydrogen) atoms. The number of carboxylic acids is 1. The lowest BCUT2D eigenvalue weighted by molar-refractivity contribution is -0.138. The zero-order valence-electron chi connectivity index (χ0n) is 7.61. The molecule has 2 rings (SSSR count). The van der Waals surface area contributed by atoms with Gasteiger partial charge in [-0.05, 0) is 31.7 Å². The number of hydrogen-bond acceptors (Lipinski definition) is 2. The fourth-order valence-electron chi connectivity index (χ4n) is 2.59. The standard InChI is InChI=1S/C9H15NO2.ClH/c11-9(12)5-7-4-8-2-1-3-10(8)6-7;/h7-8H,1-6H2,(H,11,12);1H. The van der Waals surface area contributed by atoms with Crippen LogP contribution in [0, 0.1) is 5.92 Å². The van der Waals surface area contributed by atoms with Crippen LogP contribution in [0.3, 0.4) is 0 Å². The summed E-state index contributed by atoms with van der Waals surface area (Å²) in [6, 6.07) is 0.717. The summed E-state index contributed by atoms with van der Waals surface area (Å²) in [6.07, 6.45) is 4.08. The molecule has 2 fully saturated rings. The van der Waals surface area contributed by atoms with Crippen LogP contribution < -0.4 is 0 Å². The van der Waals surface area contributed by atoms with E-state index in [2.05, 4.69) is 4.90 Å². The molecule has 0 radical (unpaired) electrons. The smallest absolute Gasteiger partial charge is 0.303 e. The van der Waals surface area contributed by atoms with E-state index in [1.54, 1.807) is 0 Å². The third-order valence-electron chi connectivity index (χ3n) is 3.06. The Hall–Kier alpha value is -0.280. The van der Waals surface area contributed by atoms with Crippen molar-refractivity contribution in [1.29, 1.82) is 0 Å². The molecule has 2 aliphatic heterocycles. The van der Waals surface area contributed by atoms with Gasteiger partial charge >= 0.3 is 5.97 Å². The molecule has 76 valence electrons. The van der Waals surface area contributed by atoms with Gasteiger partial charge in [-0.15, -0.1) is 12.4 Å². The first-order chi connectivity index (χ1) is 5.75. The molecule has 3 nitrogen and oxygen atoms in total. The first-order valence-corrected chi connectivity index (χ1v) is 4.71. The topological polar surface area (TPSA) is 40.5 Å². The van der Waals surface area contributed by atoms with E-state index in [1.165, 1.54) is 19.4 Å². The minimum absolute atomic E-state index is 0. The second-order valence-corrected chi connectivity index (χ2v) is 3.99. The number of aliphatic carboxylic acids is 1. The number of carboxylic acid groups (broad SMARTS) is 1. The zero-order valence-corrected chi connectivity index (χ0v) is 8.42. The van der Waals surface area contributed by atoms with Crippen molar-refractivity contribution < 1.29 is 9.90 Å². The molecule has 2 unspecified atom stereocenters. The van der Waals surface area contributed by atoms with Gasteiger partial charge in [0.25, 0.3) is 0 Å². The van der Waals surface area contributed by atoms with Gasteiger partial charge in [-0.2, -0.15) is 0 Å². The lowest BCUT2D eigenvalue weighted by Gasteiger charge is -2.12. The number of fused-ring (bicyclic) bond motifs is 1. The second-order valence-electron chi connectivity index (χ2n) is 3.99. The first kappa shape index (κ1) is 10.8. The summed E-state index contributed by atoms with van der Waals surface area (Å²) < 4.78 is 0. The van der Waals surface area contributed by atoms with Crippen LogP contribution in [0.1, 0.15) is 25.7 Å². The average Bonchev–Trinajstić information content (AvgIpc) is 2.43. The Kier molecular flexibility index (Phi) is 3.56. The van der Waals surface area contributed by atoms with Crippen LogP contribution in [0.5, 0.6) is 0 Å². The highest BCUT2D eigenvalue weighted by molar-refractivity contribution is 5.85. The largest absolute Gasteiger partial charge is 0.481 e. The molecule has 2 aliphatic rings. The van der Waals surface area contributed by atoms with Gasteiger partial charge in [0.15, 0.2) is 0 Å². The quantitative estimate of drug-likeness (QED) is 0.740. The molecule has 0 aromatic carbocycles. The number of carbonyl (C=O) groups is 1. The maximum atomic E-state index is 10.5. The number of hydrogen-bond donors (Lipinski definition) is 1. The molecule has 4 heteroatoms. The number of halogens is 1. The van der Waals surface area contributed by atoms with Crippen molar-refractivity contribution in [3.63, 3.8) is 0 Å². The second kappa shape index (κ2) is 4.29. The van der Waals surface area contributed by atoms with E-state index in [-0.39, 0.29) is 12.4 Å². The normalized spacial score (nSPS) is 32.6. The Labute approximate surface area is 84.5 Å². The molecular formula is C9H16ClNO2. The molecule has 0 aromatic heterocycles. The summed E-state index contributed by atoms with van der Waals surface area (Å²) in [5, 5.41) is 8.62. The Morgan fingerprint density at radius 1 is 1.54 bits per heavy atom. The predicted molar refractivity (Wildman–Crippen MR) is 52.2 cm³/mol. The van der Waals surface area contributed by atoms with Crippen molar-refractivity contribution in [1.82, 2.24) is 4.90 Å². The van der Waals surface area contributed by atoms with Gasteiger partial charge in [0, 0.05) is 19.0 Å². The van der Waals surface area contributed by atoms with Gasteiger partial charge in [-0.3, -0.25) is 4.79 Å². The molecule has 2 atom stereocenters. The van der Waals surface area contributed by atoms with Gasteiger partial charge in [0.05, 0.1) is 0 Å². The van der Waals surface area contributed by atoms with Crippen LogP contribution in [0.15, 0.2) is 0 Å². The average molecular weight is 206 g/mol. The molecule has 2 saturated heterocycles. The van der Waals surface area contributed by atoms with E-state index in [0.717, 1.165) is 13.0 Å². The van der Waals surface area contributed by atoms with Crippen molar-refractivity contribution in [2.75, 3.05) is 13.1 Å². The minimum Gasteiger partial charge on any atom is -0.481 e. The predicted octanol–water partition coefficient (Wildman–Crippen LogP) is 1.37. The van der Waals surface area contributed by atoms with Crippen molar-refractivity contribution in [3.05, 3.63) is 0 Å². The zero-order chi connectivity index (χ0) is 8.55. The summed E-state index contributed by atoms with van der Waals surface area (Å²) >= 11 is 0. The first-order valence-electron chi connectivity index (χ1n) is 4.71. The fourth-order valence-corrected chi connectivity index (χ4v) is 2.59. The van der Waals surface area contributed by atoms with E-state index in [4.69, 9.17) is 5.11 Å². The van der Waals surface area contributed by atoms with E-state index >= 15 is 0 Å². The minimum atomic E-state index is -0.638. The molecule has 0 amide bonds. The summed E-state index contributed by atoms with van der Waals surface area (Å²) in [6.45, 7) is 2.22. The Balaban J connectivity index is 0.000000845. The highest BCUT2D eigenvalue weighted by Gasteiger charge is 2.35. The highest BCUT2D eigenvalue weighted by Crippen LogP contribution is 2.32. The molecule has 2 heterocycles. The van der Waals surface area contributed by atoms with Crippen LogP contribution in [-0.4, -0.2) is 35.1 Å². The van der Waals surface area contributed by atoms with Crippen LogP contribution in [0.4, 0.5) is 0 Å². The SMILES string of the molecule is Cl.O=C(O)CC1CC2CCCN2C1. The summed E-state index contributed by atoms with van der Waals surface area (Å²) in [5.74, 6) is -0.214. The van der Waals surface area contributed by atoms with Crippen molar-refractivity contribution >= 4 is 18.4 Å². The maximum absolute atomic E-state index is 10.5. The van der Waals surface area contributed by atoms with Gasteiger partial charge < -0.3 is 10.0 Å². The van der Waals surface area contributed by atoms with E-state index in [9.17, 15) is 4.79 Å². The van der Waals surface area contributed by atoms with Gasteiger partial charge in [-0.25, -0.2) is 0 Å². The molecular weight excluding hydrogens is 190 g/mol. The Bertz CT molecular complexity index is 186. The Morgan fingerprint density at radius 3 is 2.92 bits per heavy atom. The number of nitrogens with zero attached hydrogens (tertiary/aromatic N) is 1. The van der Waals surface area contributed by atoms with Crippen LogP contribution >= 0.6 is 12.4 Å². The molecule has 0 saturated carbocycles. The monoisotopic (exact) mass is 205 g/mol. The third kappa shape index (κ3) is 2.35. The van der Waals surface area contributed by atoms with Crippen LogP contribution in [0.25, 0.3) is 0 Å². The Morgan fingerprint density at radius 2 is 2.31 bits per heavy atom. The molecule has 0 bridgehead atoms. The van der Waals surface area contributed by atoms with Gasteiger partial charge in [0.1, 0.15) is 0 Å². The van der Waals surface area contributed by atoms with Crippen molar-refractivity contribution in [2.24, 2.45) is 5.92 Å².